The molecule has 0 saturated heterocycles. The minimum absolute atomic E-state index is 0.331. The molecule has 1 heterocycles. The van der Waals surface area contributed by atoms with Crippen molar-refractivity contribution in [3.8, 4) is 0 Å². The second kappa shape index (κ2) is 5.69. The average molecular weight is 236 g/mol. The Labute approximate surface area is 104 Å². The van der Waals surface area contributed by atoms with Gasteiger partial charge in [-0.05, 0) is 51.4 Å². The van der Waals surface area contributed by atoms with Crippen LogP contribution >= 0.6 is 0 Å². The van der Waals surface area contributed by atoms with Gasteiger partial charge in [-0.15, -0.1) is 0 Å². The summed E-state index contributed by atoms with van der Waals surface area (Å²) in [6.07, 6.45) is 5.78. The molecule has 1 saturated carbocycles. The van der Waals surface area contributed by atoms with Gasteiger partial charge in [-0.2, -0.15) is 0 Å². The maximum atomic E-state index is 5.52. The third-order valence-electron chi connectivity index (χ3n) is 3.70. The molecule has 0 radical (unpaired) electrons. The van der Waals surface area contributed by atoms with Crippen molar-refractivity contribution in [3.05, 3.63) is 24.2 Å². The molecule has 2 atom stereocenters. The van der Waals surface area contributed by atoms with Crippen LogP contribution in [0.3, 0.4) is 0 Å². The summed E-state index contributed by atoms with van der Waals surface area (Å²) in [6, 6.07) is 5.04. The van der Waals surface area contributed by atoms with E-state index in [0.29, 0.717) is 12.1 Å². The molecule has 1 N–H and O–H groups in total. The Balaban J connectivity index is 1.89. The number of rotatable bonds is 7. The van der Waals surface area contributed by atoms with Crippen LogP contribution in [0, 0.1) is 5.92 Å². The first kappa shape index (κ1) is 12.7. The van der Waals surface area contributed by atoms with Gasteiger partial charge in [-0.25, -0.2) is 0 Å². The van der Waals surface area contributed by atoms with Crippen molar-refractivity contribution in [1.82, 2.24) is 10.2 Å². The average Bonchev–Trinajstić information content (AvgIpc) is 3.00. The normalized spacial score (nSPS) is 19.5. The molecule has 96 valence electrons. The smallest absolute Gasteiger partial charge is 0.122 e. The van der Waals surface area contributed by atoms with E-state index in [1.807, 2.05) is 6.07 Å². The third kappa shape index (κ3) is 3.33. The summed E-state index contributed by atoms with van der Waals surface area (Å²) in [5.41, 5.74) is 0. The zero-order valence-electron chi connectivity index (χ0n) is 11.1. The maximum absolute atomic E-state index is 5.52. The van der Waals surface area contributed by atoms with E-state index in [1.165, 1.54) is 19.3 Å². The maximum Gasteiger partial charge on any atom is 0.122 e. The van der Waals surface area contributed by atoms with Crippen LogP contribution in [0.5, 0.6) is 0 Å². The summed E-state index contributed by atoms with van der Waals surface area (Å²) in [4.78, 5) is 2.21. The lowest BCUT2D eigenvalue weighted by Gasteiger charge is -2.25. The van der Waals surface area contributed by atoms with Gasteiger partial charge in [-0.3, -0.25) is 4.90 Å². The minimum atomic E-state index is 0.331. The van der Waals surface area contributed by atoms with E-state index in [-0.39, 0.29) is 0 Å². The number of hydrogen-bond acceptors (Lipinski definition) is 3. The first-order valence-electron chi connectivity index (χ1n) is 6.65. The van der Waals surface area contributed by atoms with E-state index < -0.39 is 0 Å². The molecule has 2 unspecified atom stereocenters. The van der Waals surface area contributed by atoms with Crippen LogP contribution in [-0.2, 0) is 0 Å². The van der Waals surface area contributed by atoms with Crippen molar-refractivity contribution in [2.75, 3.05) is 20.6 Å². The highest BCUT2D eigenvalue weighted by molar-refractivity contribution is 5.05. The number of nitrogens with one attached hydrogen (secondary N) is 1. The molecule has 1 aromatic rings. The van der Waals surface area contributed by atoms with Crippen LogP contribution < -0.4 is 5.32 Å². The summed E-state index contributed by atoms with van der Waals surface area (Å²) in [6.45, 7) is 3.24. The molecular weight excluding hydrogens is 212 g/mol. The fourth-order valence-corrected chi connectivity index (χ4v) is 2.42. The number of likely N-dealkylation sites (N-methyl/N-ethyl adjacent to an activating group) is 1. The van der Waals surface area contributed by atoms with Gasteiger partial charge in [0, 0.05) is 12.6 Å². The largest absolute Gasteiger partial charge is 0.468 e. The highest BCUT2D eigenvalue weighted by atomic mass is 16.3. The van der Waals surface area contributed by atoms with Crippen LogP contribution in [0.25, 0.3) is 0 Å². The van der Waals surface area contributed by atoms with E-state index in [2.05, 4.69) is 37.3 Å². The van der Waals surface area contributed by atoms with Gasteiger partial charge in [0.05, 0.1) is 12.3 Å². The second-order valence-electron chi connectivity index (χ2n) is 5.26. The lowest BCUT2D eigenvalue weighted by Crippen LogP contribution is -2.37. The van der Waals surface area contributed by atoms with Crippen LogP contribution in [-0.4, -0.2) is 31.6 Å². The number of furan rings is 1. The molecule has 3 heteroatoms. The number of hydrogen-bond donors (Lipinski definition) is 1. The van der Waals surface area contributed by atoms with Gasteiger partial charge >= 0.3 is 0 Å². The van der Waals surface area contributed by atoms with Crippen LogP contribution in [0.15, 0.2) is 22.8 Å². The highest BCUT2D eigenvalue weighted by Crippen LogP contribution is 2.34. The molecular formula is C14H24N2O. The fraction of sp³-hybridized carbons (Fsp3) is 0.714. The molecule has 1 fully saturated rings. The SMILES string of the molecule is CCC(NCC(c1ccco1)N(C)C)C1CC1. The third-order valence-corrected chi connectivity index (χ3v) is 3.70. The molecule has 0 aliphatic heterocycles. The molecule has 0 bridgehead atoms. The predicted octanol–water partition coefficient (Wildman–Crippen LogP) is 2.66. The molecule has 0 spiro atoms. The van der Waals surface area contributed by atoms with Crippen LogP contribution in [0.4, 0.5) is 0 Å². The topological polar surface area (TPSA) is 28.4 Å². The Kier molecular flexibility index (Phi) is 4.24. The van der Waals surface area contributed by atoms with Gasteiger partial charge in [0.1, 0.15) is 5.76 Å². The van der Waals surface area contributed by atoms with Crippen molar-refractivity contribution in [2.24, 2.45) is 5.92 Å². The highest BCUT2D eigenvalue weighted by Gasteiger charge is 2.30. The Bertz CT molecular complexity index is 317. The first-order valence-corrected chi connectivity index (χ1v) is 6.65. The lowest BCUT2D eigenvalue weighted by atomic mass is 10.1. The van der Waals surface area contributed by atoms with E-state index in [0.717, 1.165) is 18.2 Å². The zero-order chi connectivity index (χ0) is 12.3. The van der Waals surface area contributed by atoms with Crippen LogP contribution in [0.1, 0.15) is 38.0 Å². The van der Waals surface area contributed by atoms with Crippen molar-refractivity contribution in [3.63, 3.8) is 0 Å². The number of nitrogens with zero attached hydrogens (tertiary/aromatic N) is 1. The second-order valence-corrected chi connectivity index (χ2v) is 5.26. The molecule has 2 rings (SSSR count). The molecule has 1 aliphatic carbocycles. The Morgan fingerprint density at radius 1 is 1.47 bits per heavy atom. The van der Waals surface area contributed by atoms with Gasteiger partial charge < -0.3 is 9.73 Å². The molecule has 3 nitrogen and oxygen atoms in total. The van der Waals surface area contributed by atoms with Gasteiger partial charge in [0.2, 0.25) is 0 Å². The van der Waals surface area contributed by atoms with E-state index in [1.54, 1.807) is 6.26 Å². The molecule has 0 amide bonds. The molecule has 0 aromatic carbocycles. The van der Waals surface area contributed by atoms with Crippen molar-refractivity contribution in [2.45, 2.75) is 38.3 Å². The van der Waals surface area contributed by atoms with Crippen molar-refractivity contribution >= 4 is 0 Å². The Hall–Kier alpha value is -0.800. The summed E-state index contributed by atoms with van der Waals surface area (Å²) in [5, 5.41) is 3.70. The van der Waals surface area contributed by atoms with E-state index in [9.17, 15) is 0 Å². The Morgan fingerprint density at radius 2 is 2.24 bits per heavy atom. The van der Waals surface area contributed by atoms with Crippen molar-refractivity contribution in [1.29, 1.82) is 0 Å². The monoisotopic (exact) mass is 236 g/mol. The predicted molar refractivity (Wildman–Crippen MR) is 69.9 cm³/mol. The lowest BCUT2D eigenvalue weighted by molar-refractivity contribution is 0.239. The summed E-state index contributed by atoms with van der Waals surface area (Å²) in [5.74, 6) is 1.97. The van der Waals surface area contributed by atoms with E-state index in [4.69, 9.17) is 4.42 Å². The molecule has 1 aliphatic rings. The fourth-order valence-electron chi connectivity index (χ4n) is 2.42. The van der Waals surface area contributed by atoms with E-state index >= 15 is 0 Å². The standard InChI is InChI=1S/C14H24N2O/c1-4-12(11-7-8-11)15-10-13(16(2)3)14-6-5-9-17-14/h5-6,9,11-13,15H,4,7-8,10H2,1-3H3. The summed E-state index contributed by atoms with van der Waals surface area (Å²) in [7, 11) is 4.21. The quantitative estimate of drug-likeness (QED) is 0.789. The first-order chi connectivity index (χ1) is 8.22. The van der Waals surface area contributed by atoms with Gasteiger partial charge in [0.15, 0.2) is 0 Å². The zero-order valence-corrected chi connectivity index (χ0v) is 11.1. The Morgan fingerprint density at radius 3 is 2.71 bits per heavy atom. The summed E-state index contributed by atoms with van der Waals surface area (Å²) >= 11 is 0. The van der Waals surface area contributed by atoms with Crippen LogP contribution in [0.2, 0.25) is 0 Å². The van der Waals surface area contributed by atoms with Gasteiger partial charge in [0.25, 0.3) is 0 Å². The summed E-state index contributed by atoms with van der Waals surface area (Å²) < 4.78 is 5.52. The van der Waals surface area contributed by atoms with Crippen molar-refractivity contribution < 1.29 is 4.42 Å². The minimum Gasteiger partial charge on any atom is -0.468 e. The molecule has 1 aromatic heterocycles. The van der Waals surface area contributed by atoms with Gasteiger partial charge in [-0.1, -0.05) is 6.92 Å². The molecule has 17 heavy (non-hydrogen) atoms.